The molecule has 0 spiro atoms. The van der Waals surface area contributed by atoms with Crippen molar-refractivity contribution in [3.63, 3.8) is 0 Å². The first-order chi connectivity index (χ1) is 11.2. The van der Waals surface area contributed by atoms with E-state index in [-0.39, 0.29) is 0 Å². The van der Waals surface area contributed by atoms with Gasteiger partial charge in [0.15, 0.2) is 0 Å². The lowest BCUT2D eigenvalue weighted by atomic mass is 10.2. The predicted octanol–water partition coefficient (Wildman–Crippen LogP) is 2.90. The fourth-order valence-corrected chi connectivity index (χ4v) is 2.16. The molecule has 2 rings (SSSR count). The third-order valence-corrected chi connectivity index (χ3v) is 3.54. The molecule has 2 aromatic rings. The molecule has 1 aromatic carbocycles. The van der Waals surface area contributed by atoms with E-state index in [4.69, 9.17) is 0 Å². The van der Waals surface area contributed by atoms with Crippen molar-refractivity contribution in [2.24, 2.45) is 5.10 Å². The number of nitrogens with zero attached hydrogens (tertiary/aromatic N) is 4. The van der Waals surface area contributed by atoms with Crippen LogP contribution in [0.25, 0.3) is 0 Å². The summed E-state index contributed by atoms with van der Waals surface area (Å²) in [4.78, 5) is 14.0. The standard InChI is InChI=1S/C15H21N7S/c1-4-16-13-19-14(17-5-2)21-15(20-13)22-18-10-11-6-8-12(23-3)9-7-11/h6-10H,4-5H2,1-3H3,(H3,16,17,19,20,21,22)/b18-10+. The third-order valence-electron chi connectivity index (χ3n) is 2.80. The van der Waals surface area contributed by atoms with Crippen molar-refractivity contribution >= 4 is 35.8 Å². The number of hydrogen-bond acceptors (Lipinski definition) is 8. The molecule has 3 N–H and O–H groups in total. The number of anilines is 3. The van der Waals surface area contributed by atoms with Crippen LogP contribution in [0.4, 0.5) is 17.8 Å². The molecule has 0 atom stereocenters. The second kappa shape index (κ2) is 8.94. The molecule has 0 saturated carbocycles. The summed E-state index contributed by atoms with van der Waals surface area (Å²) in [6.45, 7) is 5.45. The molecule has 0 fully saturated rings. The van der Waals surface area contributed by atoms with E-state index in [9.17, 15) is 0 Å². The van der Waals surface area contributed by atoms with Gasteiger partial charge in [0.05, 0.1) is 6.21 Å². The fraction of sp³-hybridized carbons (Fsp3) is 0.333. The number of thioether (sulfide) groups is 1. The fourth-order valence-electron chi connectivity index (χ4n) is 1.75. The number of nitrogens with one attached hydrogen (secondary N) is 3. The van der Waals surface area contributed by atoms with E-state index >= 15 is 0 Å². The van der Waals surface area contributed by atoms with Crippen molar-refractivity contribution in [1.82, 2.24) is 15.0 Å². The third kappa shape index (κ3) is 5.41. The maximum Gasteiger partial charge on any atom is 0.250 e. The van der Waals surface area contributed by atoms with Crippen LogP contribution in [0.15, 0.2) is 34.3 Å². The van der Waals surface area contributed by atoms with Gasteiger partial charge in [0, 0.05) is 18.0 Å². The van der Waals surface area contributed by atoms with Crippen LogP contribution in [-0.4, -0.2) is 40.5 Å². The van der Waals surface area contributed by atoms with Crippen molar-refractivity contribution in [2.75, 3.05) is 35.4 Å². The van der Waals surface area contributed by atoms with E-state index in [1.807, 2.05) is 26.0 Å². The maximum absolute atomic E-state index is 4.26. The Balaban J connectivity index is 2.06. The summed E-state index contributed by atoms with van der Waals surface area (Å²) in [7, 11) is 0. The van der Waals surface area contributed by atoms with Gasteiger partial charge in [0.1, 0.15) is 0 Å². The van der Waals surface area contributed by atoms with Crippen LogP contribution in [0.5, 0.6) is 0 Å². The highest BCUT2D eigenvalue weighted by Crippen LogP contribution is 2.14. The molecule has 0 aliphatic heterocycles. The van der Waals surface area contributed by atoms with E-state index in [1.54, 1.807) is 18.0 Å². The Labute approximate surface area is 140 Å². The zero-order chi connectivity index (χ0) is 16.5. The first kappa shape index (κ1) is 17.0. The van der Waals surface area contributed by atoms with Crippen LogP contribution in [0, 0.1) is 0 Å². The highest BCUT2D eigenvalue weighted by Gasteiger charge is 2.04. The number of rotatable bonds is 8. The van der Waals surface area contributed by atoms with Crippen LogP contribution >= 0.6 is 11.8 Å². The Hall–Kier alpha value is -2.35. The number of hydrazone groups is 1. The second-order valence-electron chi connectivity index (χ2n) is 4.51. The summed E-state index contributed by atoms with van der Waals surface area (Å²) in [6, 6.07) is 8.14. The maximum atomic E-state index is 4.26. The summed E-state index contributed by atoms with van der Waals surface area (Å²) >= 11 is 1.71. The predicted molar refractivity (Wildman–Crippen MR) is 97.6 cm³/mol. The lowest BCUT2D eigenvalue weighted by Gasteiger charge is -2.07. The van der Waals surface area contributed by atoms with Crippen LogP contribution < -0.4 is 16.1 Å². The average molecular weight is 331 g/mol. The summed E-state index contributed by atoms with van der Waals surface area (Å²) in [5, 5.41) is 10.3. The van der Waals surface area contributed by atoms with Crippen molar-refractivity contribution in [1.29, 1.82) is 0 Å². The number of benzene rings is 1. The van der Waals surface area contributed by atoms with Gasteiger partial charge < -0.3 is 10.6 Å². The van der Waals surface area contributed by atoms with Gasteiger partial charge in [-0.25, -0.2) is 5.43 Å². The van der Waals surface area contributed by atoms with E-state index < -0.39 is 0 Å². The first-order valence-electron chi connectivity index (χ1n) is 7.42. The summed E-state index contributed by atoms with van der Waals surface area (Å²) in [5.41, 5.74) is 3.84. The Morgan fingerprint density at radius 2 is 1.52 bits per heavy atom. The SMILES string of the molecule is CCNc1nc(NCC)nc(N/N=C/c2ccc(SC)cc2)n1. The molecule has 0 aliphatic carbocycles. The molecule has 0 radical (unpaired) electrons. The second-order valence-corrected chi connectivity index (χ2v) is 5.39. The van der Waals surface area contributed by atoms with Gasteiger partial charge in [0.25, 0.3) is 0 Å². The zero-order valence-electron chi connectivity index (χ0n) is 13.5. The van der Waals surface area contributed by atoms with Gasteiger partial charge in [-0.2, -0.15) is 20.1 Å². The Morgan fingerprint density at radius 3 is 2.04 bits per heavy atom. The molecule has 0 aliphatic rings. The minimum absolute atomic E-state index is 0.392. The van der Waals surface area contributed by atoms with Gasteiger partial charge in [-0.1, -0.05) is 12.1 Å². The molecule has 0 unspecified atom stereocenters. The van der Waals surface area contributed by atoms with Gasteiger partial charge in [0.2, 0.25) is 17.8 Å². The Morgan fingerprint density at radius 1 is 0.957 bits per heavy atom. The van der Waals surface area contributed by atoms with Crippen molar-refractivity contribution in [3.05, 3.63) is 29.8 Å². The van der Waals surface area contributed by atoms with Crippen LogP contribution in [0.3, 0.4) is 0 Å². The van der Waals surface area contributed by atoms with Gasteiger partial charge in [-0.05, 0) is 37.8 Å². The van der Waals surface area contributed by atoms with E-state index in [1.165, 1.54) is 4.90 Å². The van der Waals surface area contributed by atoms with Gasteiger partial charge in [-0.15, -0.1) is 11.8 Å². The molecule has 1 heterocycles. The van der Waals surface area contributed by atoms with Crippen LogP contribution in [0.2, 0.25) is 0 Å². The van der Waals surface area contributed by atoms with Crippen LogP contribution in [-0.2, 0) is 0 Å². The normalized spacial score (nSPS) is 10.7. The number of aromatic nitrogens is 3. The van der Waals surface area contributed by atoms with E-state index in [0.29, 0.717) is 17.8 Å². The van der Waals surface area contributed by atoms with Gasteiger partial charge >= 0.3 is 0 Å². The van der Waals surface area contributed by atoms with Crippen molar-refractivity contribution in [2.45, 2.75) is 18.7 Å². The zero-order valence-corrected chi connectivity index (χ0v) is 14.3. The molecular weight excluding hydrogens is 310 g/mol. The molecule has 122 valence electrons. The molecule has 23 heavy (non-hydrogen) atoms. The topological polar surface area (TPSA) is 87.1 Å². The van der Waals surface area contributed by atoms with Crippen molar-refractivity contribution < 1.29 is 0 Å². The lowest BCUT2D eigenvalue weighted by molar-refractivity contribution is 0.992. The van der Waals surface area contributed by atoms with Gasteiger partial charge in [-0.3, -0.25) is 0 Å². The molecular formula is C15H21N7S. The Kier molecular flexibility index (Phi) is 6.61. The molecule has 7 nitrogen and oxygen atoms in total. The molecule has 1 aromatic heterocycles. The summed E-state index contributed by atoms with van der Waals surface area (Å²) < 4.78 is 0. The molecule has 0 saturated heterocycles. The lowest BCUT2D eigenvalue weighted by Crippen LogP contribution is -2.10. The minimum Gasteiger partial charge on any atom is -0.354 e. The smallest absolute Gasteiger partial charge is 0.250 e. The highest BCUT2D eigenvalue weighted by molar-refractivity contribution is 7.98. The highest BCUT2D eigenvalue weighted by atomic mass is 32.2. The summed E-state index contributed by atoms with van der Waals surface area (Å²) in [5.74, 6) is 1.42. The molecule has 8 heteroatoms. The summed E-state index contributed by atoms with van der Waals surface area (Å²) in [6.07, 6.45) is 3.78. The minimum atomic E-state index is 0.392. The Bertz CT molecular complexity index is 619. The molecule has 0 amide bonds. The van der Waals surface area contributed by atoms with E-state index in [0.717, 1.165) is 18.7 Å². The largest absolute Gasteiger partial charge is 0.354 e. The average Bonchev–Trinajstić information content (AvgIpc) is 2.56. The monoisotopic (exact) mass is 331 g/mol. The van der Waals surface area contributed by atoms with Crippen molar-refractivity contribution in [3.8, 4) is 0 Å². The first-order valence-corrected chi connectivity index (χ1v) is 8.64. The number of hydrogen-bond donors (Lipinski definition) is 3. The molecule has 0 bridgehead atoms. The van der Waals surface area contributed by atoms with Crippen LogP contribution in [0.1, 0.15) is 19.4 Å². The van der Waals surface area contributed by atoms with E-state index in [2.05, 4.69) is 54.5 Å². The quantitative estimate of drug-likeness (QED) is 0.389.